The Morgan fingerprint density at radius 3 is 1.74 bits per heavy atom. The molecule has 0 aromatic heterocycles. The number of halogens is 2. The van der Waals surface area contributed by atoms with Crippen LogP contribution < -0.4 is 44.4 Å². The molecule has 31 heavy (non-hydrogen) atoms. The van der Waals surface area contributed by atoms with Gasteiger partial charge in [-0.1, -0.05) is 104 Å². The third kappa shape index (κ3) is 4.52. The van der Waals surface area contributed by atoms with E-state index in [4.69, 9.17) is 0 Å². The largest absolute Gasteiger partial charge is 2.00 e. The van der Waals surface area contributed by atoms with Gasteiger partial charge in [0, 0.05) is 0 Å². The fraction of sp³-hybridized carbons (Fsp3) is 0. The van der Waals surface area contributed by atoms with Gasteiger partial charge in [-0.25, -0.2) is 0 Å². The van der Waals surface area contributed by atoms with Gasteiger partial charge in [0.05, 0.1) is 0 Å². The van der Waals surface area contributed by atoms with E-state index in [2.05, 4.69) is 104 Å². The summed E-state index contributed by atoms with van der Waals surface area (Å²) in [4.78, 5) is 0. The molecule has 150 valence electrons. The Balaban J connectivity index is 0.00000114. The van der Waals surface area contributed by atoms with Crippen molar-refractivity contribution in [1.29, 1.82) is 0 Å². The SMILES string of the molecule is C=c1ccc2ccccc2c1=c1c(=C)c(-c2ccccc2)cc2ccccc12.[Br-].[Br-].[Sn+2]. The molecule has 2 radical (unpaired) electrons. The van der Waals surface area contributed by atoms with E-state index in [1.807, 2.05) is 6.07 Å². The first kappa shape index (κ1) is 25.4. The summed E-state index contributed by atoms with van der Waals surface area (Å²) in [5.41, 5.74) is 2.35. The van der Waals surface area contributed by atoms with E-state index in [0.29, 0.717) is 0 Å². The van der Waals surface area contributed by atoms with Crippen LogP contribution in [0.2, 0.25) is 0 Å². The number of hydrogen-bond donors (Lipinski definition) is 0. The quantitative estimate of drug-likeness (QED) is 0.216. The molecule has 0 aliphatic heterocycles. The minimum Gasteiger partial charge on any atom is -1.00 e. The van der Waals surface area contributed by atoms with Gasteiger partial charge in [0.1, 0.15) is 0 Å². The molecule has 0 amide bonds. The fourth-order valence-corrected chi connectivity index (χ4v) is 4.16. The van der Waals surface area contributed by atoms with E-state index >= 15 is 0 Å². The Morgan fingerprint density at radius 2 is 1.06 bits per heavy atom. The van der Waals surface area contributed by atoms with Crippen LogP contribution in [0.3, 0.4) is 0 Å². The van der Waals surface area contributed by atoms with Crippen LogP contribution in [-0.2, 0) is 0 Å². The Morgan fingerprint density at radius 1 is 0.516 bits per heavy atom. The first-order valence-electron chi connectivity index (χ1n) is 9.51. The van der Waals surface area contributed by atoms with Crippen molar-refractivity contribution < 1.29 is 34.0 Å². The summed E-state index contributed by atoms with van der Waals surface area (Å²) in [6.45, 7) is 8.91. The van der Waals surface area contributed by atoms with Gasteiger partial charge >= 0.3 is 23.9 Å². The molecular formula is C28H20Br2Sn. The van der Waals surface area contributed by atoms with Crippen LogP contribution in [0.4, 0.5) is 0 Å². The van der Waals surface area contributed by atoms with Crippen LogP contribution in [0.5, 0.6) is 0 Å². The Labute approximate surface area is 220 Å². The normalized spacial score (nSPS) is 11.2. The molecule has 0 atom stereocenters. The van der Waals surface area contributed by atoms with Gasteiger partial charge in [0.15, 0.2) is 0 Å². The van der Waals surface area contributed by atoms with Crippen LogP contribution in [-0.4, -0.2) is 23.9 Å². The van der Waals surface area contributed by atoms with Crippen molar-refractivity contribution in [2.45, 2.75) is 0 Å². The van der Waals surface area contributed by atoms with E-state index in [0.717, 1.165) is 10.4 Å². The number of rotatable bonds is 1. The molecular weight excluding hydrogens is 615 g/mol. The second-order valence-electron chi connectivity index (χ2n) is 7.19. The fourth-order valence-electron chi connectivity index (χ4n) is 4.16. The van der Waals surface area contributed by atoms with E-state index in [1.54, 1.807) is 0 Å². The van der Waals surface area contributed by atoms with Crippen molar-refractivity contribution in [3.8, 4) is 11.1 Å². The molecule has 0 bridgehead atoms. The van der Waals surface area contributed by atoms with Gasteiger partial charge in [-0.3, -0.25) is 0 Å². The van der Waals surface area contributed by atoms with E-state index in [9.17, 15) is 0 Å². The molecule has 5 aromatic carbocycles. The number of fused-ring (bicyclic) bond motifs is 2. The summed E-state index contributed by atoms with van der Waals surface area (Å²) in [6.07, 6.45) is 0. The molecule has 5 rings (SSSR count). The van der Waals surface area contributed by atoms with Crippen LogP contribution >= 0.6 is 0 Å². The van der Waals surface area contributed by atoms with Crippen molar-refractivity contribution in [2.24, 2.45) is 0 Å². The summed E-state index contributed by atoms with van der Waals surface area (Å²) >= 11 is 0. The van der Waals surface area contributed by atoms with Crippen LogP contribution in [0.1, 0.15) is 0 Å². The second-order valence-corrected chi connectivity index (χ2v) is 7.19. The summed E-state index contributed by atoms with van der Waals surface area (Å²) < 4.78 is 0. The molecule has 0 spiro atoms. The predicted octanol–water partition coefficient (Wildman–Crippen LogP) is -0.605. The number of benzene rings is 5. The van der Waals surface area contributed by atoms with Crippen molar-refractivity contribution >= 4 is 58.6 Å². The third-order valence-electron chi connectivity index (χ3n) is 5.51. The first-order chi connectivity index (χ1) is 13.7. The molecule has 5 aromatic rings. The van der Waals surface area contributed by atoms with Gasteiger partial charge < -0.3 is 34.0 Å². The molecule has 3 heteroatoms. The zero-order valence-electron chi connectivity index (χ0n) is 16.9. The van der Waals surface area contributed by atoms with Crippen molar-refractivity contribution in [2.75, 3.05) is 0 Å². The van der Waals surface area contributed by atoms with E-state index in [-0.39, 0.29) is 57.9 Å². The van der Waals surface area contributed by atoms with Gasteiger partial charge in [-0.15, -0.1) is 0 Å². The molecule has 0 heterocycles. The molecule has 0 saturated carbocycles. The maximum atomic E-state index is 4.54. The molecule has 0 aliphatic carbocycles. The maximum Gasteiger partial charge on any atom is 2.00 e. The van der Waals surface area contributed by atoms with Gasteiger partial charge in [0.25, 0.3) is 0 Å². The molecule has 0 saturated heterocycles. The molecule has 0 nitrogen and oxygen atoms in total. The molecule has 0 fully saturated rings. The topological polar surface area (TPSA) is 0 Å². The summed E-state index contributed by atoms with van der Waals surface area (Å²) in [5, 5.41) is 9.30. The predicted molar refractivity (Wildman–Crippen MR) is 127 cm³/mol. The third-order valence-corrected chi connectivity index (χ3v) is 5.51. The minimum absolute atomic E-state index is 0. The van der Waals surface area contributed by atoms with Crippen molar-refractivity contribution in [1.82, 2.24) is 0 Å². The zero-order chi connectivity index (χ0) is 19.1. The van der Waals surface area contributed by atoms with Gasteiger partial charge in [-0.2, -0.15) is 0 Å². The molecule has 0 N–H and O–H groups in total. The summed E-state index contributed by atoms with van der Waals surface area (Å²) in [7, 11) is 0. The smallest absolute Gasteiger partial charge is 1.00 e. The maximum absolute atomic E-state index is 4.54. The van der Waals surface area contributed by atoms with Gasteiger partial charge in [-0.05, 0) is 59.6 Å². The van der Waals surface area contributed by atoms with Crippen molar-refractivity contribution in [3.63, 3.8) is 0 Å². The summed E-state index contributed by atoms with van der Waals surface area (Å²) in [5.74, 6) is 0. The van der Waals surface area contributed by atoms with Crippen LogP contribution in [0.25, 0.3) is 45.8 Å². The Kier molecular flexibility index (Phi) is 8.70. The van der Waals surface area contributed by atoms with Gasteiger partial charge in [0.2, 0.25) is 0 Å². The minimum atomic E-state index is 0. The first-order valence-corrected chi connectivity index (χ1v) is 9.51. The standard InChI is InChI=1S/C28H20.2BrH.Sn/c1-19-16-17-22-12-6-8-14-24(22)27(19)28-20(2)26(21-10-4-3-5-11-21)18-23-13-7-9-15-25(23)28;;;/h3-18H,1-2H2;2*1H;/q;;;+2/p-2. The zero-order valence-corrected chi connectivity index (χ0v) is 22.9. The van der Waals surface area contributed by atoms with E-state index in [1.165, 1.54) is 43.1 Å². The monoisotopic (exact) mass is 634 g/mol. The molecule has 0 unspecified atom stereocenters. The molecule has 0 aliphatic rings. The average Bonchev–Trinajstić information content (AvgIpc) is 2.75. The van der Waals surface area contributed by atoms with Crippen LogP contribution in [0.15, 0.2) is 97.1 Å². The van der Waals surface area contributed by atoms with E-state index < -0.39 is 0 Å². The average molecular weight is 635 g/mol. The Hall–Kier alpha value is -1.88. The van der Waals surface area contributed by atoms with Crippen LogP contribution in [0, 0.1) is 10.4 Å². The Bertz CT molecular complexity index is 1540. The van der Waals surface area contributed by atoms with Crippen molar-refractivity contribution in [3.05, 3.63) is 118 Å². The second kappa shape index (κ2) is 10.6. The summed E-state index contributed by atoms with van der Waals surface area (Å²) in [6, 6.07) is 34.1. The number of hydrogen-bond acceptors (Lipinski definition) is 0.